The molecule has 1 rings (SSSR count). The Labute approximate surface area is 90.3 Å². The maximum atomic E-state index is 10.4. The summed E-state index contributed by atoms with van der Waals surface area (Å²) in [6.45, 7) is 1.55. The van der Waals surface area contributed by atoms with Gasteiger partial charge in [0.25, 0.3) is 0 Å². The molecule has 0 fully saturated rings. The Morgan fingerprint density at radius 1 is 1.62 bits per heavy atom. The number of nitrogens with one attached hydrogen (secondary N) is 1. The van der Waals surface area contributed by atoms with E-state index in [1.165, 1.54) is 0 Å². The van der Waals surface area contributed by atoms with Gasteiger partial charge in [0.15, 0.2) is 0 Å². The van der Waals surface area contributed by atoms with E-state index in [1.54, 1.807) is 6.92 Å². The molecule has 4 heteroatoms. The van der Waals surface area contributed by atoms with Gasteiger partial charge in [0, 0.05) is 9.26 Å². The zero-order valence-electron chi connectivity index (χ0n) is 7.08. The number of carboxylic acids is 1. The second-order valence-corrected chi connectivity index (χ2v) is 3.94. The molecule has 13 heavy (non-hydrogen) atoms. The fourth-order valence-electron chi connectivity index (χ4n) is 0.887. The minimum absolute atomic E-state index is 0.668. The highest BCUT2D eigenvalue weighted by Crippen LogP contribution is 2.12. The number of benzene rings is 1. The summed E-state index contributed by atoms with van der Waals surface area (Å²) < 4.78 is 1.06. The highest BCUT2D eigenvalue weighted by Gasteiger charge is 2.01. The Kier molecular flexibility index (Phi) is 3.53. The minimum atomic E-state index is -1.10. The van der Waals surface area contributed by atoms with Crippen molar-refractivity contribution in [1.82, 2.24) is 0 Å². The molecule has 0 saturated carbocycles. The first-order chi connectivity index (χ1) is 6.09. The number of anilines is 1. The monoisotopic (exact) mass is 290 g/mol. The van der Waals surface area contributed by atoms with Crippen LogP contribution in [0.2, 0.25) is 0 Å². The van der Waals surface area contributed by atoms with E-state index in [0.717, 1.165) is 9.26 Å². The first kappa shape index (κ1) is 10.3. The second kappa shape index (κ2) is 4.45. The summed E-state index contributed by atoms with van der Waals surface area (Å²) in [5, 5.41) is 13.2. The van der Waals surface area contributed by atoms with Crippen molar-refractivity contribution in [1.29, 1.82) is 0 Å². The third kappa shape index (κ3) is 3.22. The number of carbonyl (C=O) groups is 1. The van der Waals surface area contributed by atoms with Crippen molar-refractivity contribution in [2.45, 2.75) is 13.0 Å². The smallest absolute Gasteiger partial charge is 0.0634 e. The van der Waals surface area contributed by atoms with Crippen molar-refractivity contribution in [3.05, 3.63) is 27.8 Å². The number of aliphatic carboxylic acids is 1. The normalized spacial score (nSPS) is 12.2. The molecule has 0 amide bonds. The maximum Gasteiger partial charge on any atom is 0.0634 e. The van der Waals surface area contributed by atoms with Crippen LogP contribution in [0.15, 0.2) is 24.3 Å². The molecule has 1 N–H and O–H groups in total. The molecule has 0 aromatic heterocycles. The fourth-order valence-corrected chi connectivity index (χ4v) is 1.43. The first-order valence-electron chi connectivity index (χ1n) is 3.82. The Morgan fingerprint density at radius 2 is 2.31 bits per heavy atom. The summed E-state index contributed by atoms with van der Waals surface area (Å²) in [4.78, 5) is 10.4. The number of carboxylic acid groups (broad SMARTS) is 1. The molecule has 0 bridgehead atoms. The zero-order valence-corrected chi connectivity index (χ0v) is 9.24. The standard InChI is InChI=1S/C9H10INO2/c1-6(9(12)13)11-8-4-2-3-7(10)5-8/h2-6,11H,1H3,(H,12,13)/p-1/t6-/m0/s1. The predicted molar refractivity (Wildman–Crippen MR) is 57.3 cm³/mol. The van der Waals surface area contributed by atoms with Gasteiger partial charge < -0.3 is 15.2 Å². The fraction of sp³-hybridized carbons (Fsp3) is 0.222. The first-order valence-corrected chi connectivity index (χ1v) is 4.90. The molecular weight excluding hydrogens is 281 g/mol. The van der Waals surface area contributed by atoms with Gasteiger partial charge >= 0.3 is 0 Å². The van der Waals surface area contributed by atoms with Crippen LogP contribution in [0.3, 0.4) is 0 Å². The van der Waals surface area contributed by atoms with Gasteiger partial charge in [-0.2, -0.15) is 0 Å². The van der Waals surface area contributed by atoms with Crippen molar-refractivity contribution in [2.75, 3.05) is 5.32 Å². The number of hydrogen-bond donors (Lipinski definition) is 1. The minimum Gasteiger partial charge on any atom is -0.548 e. The lowest BCUT2D eigenvalue weighted by molar-refractivity contribution is -0.306. The van der Waals surface area contributed by atoms with Crippen LogP contribution in [-0.2, 0) is 4.79 Å². The van der Waals surface area contributed by atoms with Crippen molar-refractivity contribution in [3.63, 3.8) is 0 Å². The lowest BCUT2D eigenvalue weighted by Gasteiger charge is -2.15. The van der Waals surface area contributed by atoms with E-state index < -0.39 is 12.0 Å². The van der Waals surface area contributed by atoms with Gasteiger partial charge in [0.1, 0.15) is 0 Å². The van der Waals surface area contributed by atoms with Crippen LogP contribution in [0.5, 0.6) is 0 Å². The Morgan fingerprint density at radius 3 is 2.85 bits per heavy atom. The molecular formula is C9H9INO2-. The molecule has 0 aliphatic carbocycles. The summed E-state index contributed by atoms with van der Waals surface area (Å²) in [7, 11) is 0. The van der Waals surface area contributed by atoms with Gasteiger partial charge in [-0.05, 0) is 47.7 Å². The van der Waals surface area contributed by atoms with Crippen LogP contribution < -0.4 is 10.4 Å². The van der Waals surface area contributed by atoms with E-state index in [1.807, 2.05) is 24.3 Å². The summed E-state index contributed by atoms with van der Waals surface area (Å²) in [5.41, 5.74) is 0.795. The average Bonchev–Trinajstić information content (AvgIpc) is 2.04. The molecule has 0 heterocycles. The molecule has 0 unspecified atom stereocenters. The van der Waals surface area contributed by atoms with Gasteiger partial charge in [-0.1, -0.05) is 6.07 Å². The van der Waals surface area contributed by atoms with Crippen molar-refractivity contribution in [2.24, 2.45) is 0 Å². The van der Waals surface area contributed by atoms with E-state index in [9.17, 15) is 9.90 Å². The van der Waals surface area contributed by atoms with Crippen LogP contribution in [0.1, 0.15) is 6.92 Å². The van der Waals surface area contributed by atoms with Crippen LogP contribution in [0, 0.1) is 3.57 Å². The SMILES string of the molecule is C[C@H](Nc1cccc(I)c1)C(=O)[O-]. The van der Waals surface area contributed by atoms with Crippen molar-refractivity contribution >= 4 is 34.2 Å². The van der Waals surface area contributed by atoms with Crippen LogP contribution in [-0.4, -0.2) is 12.0 Å². The quantitative estimate of drug-likeness (QED) is 0.839. The average molecular weight is 290 g/mol. The van der Waals surface area contributed by atoms with Gasteiger partial charge in [0.2, 0.25) is 0 Å². The largest absolute Gasteiger partial charge is 0.548 e. The molecule has 70 valence electrons. The highest BCUT2D eigenvalue weighted by molar-refractivity contribution is 14.1. The van der Waals surface area contributed by atoms with E-state index >= 15 is 0 Å². The van der Waals surface area contributed by atoms with Crippen molar-refractivity contribution in [3.8, 4) is 0 Å². The molecule has 3 nitrogen and oxygen atoms in total. The topological polar surface area (TPSA) is 52.2 Å². The van der Waals surface area contributed by atoms with E-state index in [4.69, 9.17) is 0 Å². The van der Waals surface area contributed by atoms with Crippen LogP contribution in [0.4, 0.5) is 5.69 Å². The molecule has 1 aromatic rings. The summed E-state index contributed by atoms with van der Waals surface area (Å²) in [6.07, 6.45) is 0. The summed E-state index contributed by atoms with van der Waals surface area (Å²) in [6, 6.07) is 6.83. The summed E-state index contributed by atoms with van der Waals surface area (Å²) in [5.74, 6) is -1.10. The molecule has 1 atom stereocenters. The molecule has 0 aliphatic rings. The number of rotatable bonds is 3. The van der Waals surface area contributed by atoms with Gasteiger partial charge in [-0.3, -0.25) is 0 Å². The molecule has 1 aromatic carbocycles. The molecule has 0 spiro atoms. The summed E-state index contributed by atoms with van der Waals surface area (Å²) >= 11 is 2.17. The number of hydrogen-bond acceptors (Lipinski definition) is 3. The van der Waals surface area contributed by atoms with E-state index in [-0.39, 0.29) is 0 Å². The third-order valence-electron chi connectivity index (χ3n) is 1.56. The predicted octanol–water partition coefficient (Wildman–Crippen LogP) is 0.841. The lowest BCUT2D eigenvalue weighted by atomic mass is 10.3. The lowest BCUT2D eigenvalue weighted by Crippen LogP contribution is -2.38. The maximum absolute atomic E-state index is 10.4. The Balaban J connectivity index is 2.69. The third-order valence-corrected chi connectivity index (χ3v) is 2.23. The Hall–Kier alpha value is -0.780. The van der Waals surface area contributed by atoms with Crippen LogP contribution in [0.25, 0.3) is 0 Å². The van der Waals surface area contributed by atoms with E-state index in [0.29, 0.717) is 0 Å². The number of halogens is 1. The highest BCUT2D eigenvalue weighted by atomic mass is 127. The van der Waals surface area contributed by atoms with Gasteiger partial charge in [-0.15, -0.1) is 0 Å². The van der Waals surface area contributed by atoms with Gasteiger partial charge in [-0.25, -0.2) is 0 Å². The zero-order chi connectivity index (χ0) is 9.84. The van der Waals surface area contributed by atoms with Crippen LogP contribution >= 0.6 is 22.6 Å². The second-order valence-electron chi connectivity index (χ2n) is 2.70. The Bertz CT molecular complexity index is 314. The van der Waals surface area contributed by atoms with E-state index in [2.05, 4.69) is 27.9 Å². The van der Waals surface area contributed by atoms with Crippen molar-refractivity contribution < 1.29 is 9.90 Å². The number of carbonyl (C=O) groups excluding carboxylic acids is 1. The molecule has 0 saturated heterocycles. The molecule has 0 aliphatic heterocycles. The molecule has 0 radical (unpaired) electrons. The van der Waals surface area contributed by atoms with Gasteiger partial charge in [0.05, 0.1) is 12.0 Å².